The summed E-state index contributed by atoms with van der Waals surface area (Å²) >= 11 is 0. The van der Waals surface area contributed by atoms with E-state index in [-0.39, 0.29) is 5.41 Å². The molecule has 9 aromatic rings. The smallest absolute Gasteiger partial charge is 0.143 e. The number of ether oxygens (including phenoxy) is 1. The van der Waals surface area contributed by atoms with Gasteiger partial charge in [-0.2, -0.15) is 0 Å². The number of rotatable bonds is 5. The van der Waals surface area contributed by atoms with Gasteiger partial charge in [0.05, 0.1) is 0 Å². The maximum Gasteiger partial charge on any atom is 0.143 e. The Labute approximate surface area is 333 Å². The predicted molar refractivity (Wildman–Crippen MR) is 238 cm³/mol. The van der Waals surface area contributed by atoms with Crippen molar-refractivity contribution >= 4 is 27.8 Å². The van der Waals surface area contributed by atoms with Crippen molar-refractivity contribution in [1.82, 2.24) is 0 Å². The second-order valence-corrected chi connectivity index (χ2v) is 15.7. The van der Waals surface area contributed by atoms with Crippen LogP contribution in [0.1, 0.15) is 25.0 Å². The van der Waals surface area contributed by atoms with E-state index in [4.69, 9.17) is 4.74 Å². The molecule has 1 heterocycles. The van der Waals surface area contributed by atoms with Crippen molar-refractivity contribution in [1.29, 1.82) is 0 Å². The van der Waals surface area contributed by atoms with Crippen LogP contribution in [0, 0.1) is 0 Å². The number of hydrogen-bond acceptors (Lipinski definition) is 2. The fraction of sp³-hybridized carbons (Fsp3) is 0.0545. The minimum Gasteiger partial charge on any atom is -0.455 e. The molecule has 0 unspecified atom stereocenters. The van der Waals surface area contributed by atoms with Gasteiger partial charge in [-0.05, 0) is 115 Å². The van der Waals surface area contributed by atoms with Crippen molar-refractivity contribution in [2.24, 2.45) is 0 Å². The van der Waals surface area contributed by atoms with Crippen LogP contribution in [0.15, 0.2) is 200 Å². The van der Waals surface area contributed by atoms with Gasteiger partial charge >= 0.3 is 0 Å². The quantitative estimate of drug-likeness (QED) is 0.175. The Morgan fingerprint density at radius 2 is 0.895 bits per heavy atom. The molecule has 2 aliphatic rings. The van der Waals surface area contributed by atoms with Gasteiger partial charge < -0.3 is 9.64 Å². The summed E-state index contributed by atoms with van der Waals surface area (Å²) in [5, 5.41) is 2.40. The fourth-order valence-corrected chi connectivity index (χ4v) is 9.17. The first-order valence-electron chi connectivity index (χ1n) is 19.8. The highest BCUT2D eigenvalue weighted by atomic mass is 16.5. The first kappa shape index (κ1) is 33.2. The second kappa shape index (κ2) is 13.0. The number of nitrogens with zero attached hydrogens (tertiary/aromatic N) is 1. The summed E-state index contributed by atoms with van der Waals surface area (Å²) in [4.78, 5) is 2.41. The summed E-state index contributed by atoms with van der Waals surface area (Å²) < 4.78 is 7.11. The van der Waals surface area contributed by atoms with Gasteiger partial charge in [0.15, 0.2) is 0 Å². The van der Waals surface area contributed by atoms with E-state index in [0.717, 1.165) is 61.9 Å². The summed E-state index contributed by atoms with van der Waals surface area (Å²) in [6, 6.07) is 72.6. The zero-order valence-electron chi connectivity index (χ0n) is 31.9. The van der Waals surface area contributed by atoms with Crippen LogP contribution in [-0.4, -0.2) is 0 Å². The van der Waals surface area contributed by atoms with Gasteiger partial charge in [-0.3, -0.25) is 0 Å². The molecule has 0 radical (unpaired) electrons. The molecule has 0 saturated heterocycles. The lowest BCUT2D eigenvalue weighted by Crippen LogP contribution is -2.16. The summed E-state index contributed by atoms with van der Waals surface area (Å²) in [6.45, 7) is 4.70. The maximum absolute atomic E-state index is 7.11. The Bertz CT molecular complexity index is 3000. The SMILES string of the molecule is CC1(C)c2ccccc2-c2ccc(N(c3ccc(-c4ccccc4)cc3)c3ccc4c(c3)-c3cc5ccccc5cc3-c3cccc(-c5ccccc5)c3O4)cc21. The fourth-order valence-electron chi connectivity index (χ4n) is 9.17. The van der Waals surface area contributed by atoms with Crippen molar-refractivity contribution in [3.63, 3.8) is 0 Å². The molecule has 0 spiro atoms. The van der Waals surface area contributed by atoms with E-state index in [2.05, 4.69) is 219 Å². The highest BCUT2D eigenvalue weighted by Crippen LogP contribution is 2.54. The molecule has 0 aromatic heterocycles. The number of para-hydroxylation sites is 1. The second-order valence-electron chi connectivity index (χ2n) is 15.7. The van der Waals surface area contributed by atoms with E-state index in [0.29, 0.717) is 0 Å². The molecule has 9 aromatic carbocycles. The Hall–Kier alpha value is -7.16. The molecule has 2 nitrogen and oxygen atoms in total. The molecule has 57 heavy (non-hydrogen) atoms. The molecule has 0 bridgehead atoms. The average Bonchev–Trinajstić information content (AvgIpc) is 3.40. The molecular weight excluding hydrogens is 691 g/mol. The van der Waals surface area contributed by atoms with Crippen LogP contribution in [0.5, 0.6) is 11.5 Å². The molecule has 0 N–H and O–H groups in total. The van der Waals surface area contributed by atoms with Crippen molar-refractivity contribution in [3.8, 4) is 67.1 Å². The molecule has 1 aliphatic heterocycles. The molecule has 270 valence electrons. The molecule has 2 heteroatoms. The standard InChI is InChI=1S/C55H39NO/c1-55(2)51-23-12-11-20-45(51)46-30-28-43(35-52(46)55)56(41-26-24-37(25-27-41)36-14-5-3-6-15-36)42-29-31-53-50(34-42)49-33-40-19-10-9-18-39(40)32-48(49)47-22-13-21-44(54(47)57-53)38-16-7-4-8-17-38/h3-35H,1-2H3. The normalized spacial score (nSPS) is 13.0. The molecule has 0 atom stereocenters. The van der Waals surface area contributed by atoms with Crippen molar-refractivity contribution in [3.05, 3.63) is 211 Å². The monoisotopic (exact) mass is 729 g/mol. The van der Waals surface area contributed by atoms with Gasteiger partial charge in [-0.15, -0.1) is 0 Å². The highest BCUT2D eigenvalue weighted by Gasteiger charge is 2.36. The Morgan fingerprint density at radius 1 is 0.351 bits per heavy atom. The van der Waals surface area contributed by atoms with Crippen LogP contribution < -0.4 is 9.64 Å². The first-order chi connectivity index (χ1) is 28.0. The van der Waals surface area contributed by atoms with Crippen LogP contribution in [0.2, 0.25) is 0 Å². The number of benzene rings is 9. The maximum atomic E-state index is 7.11. The van der Waals surface area contributed by atoms with E-state index in [9.17, 15) is 0 Å². The van der Waals surface area contributed by atoms with Gasteiger partial charge in [-0.1, -0.05) is 159 Å². The molecular formula is C55H39NO. The van der Waals surface area contributed by atoms with Crippen molar-refractivity contribution in [2.45, 2.75) is 19.3 Å². The lowest BCUT2D eigenvalue weighted by atomic mass is 9.82. The zero-order chi connectivity index (χ0) is 38.1. The number of hydrogen-bond donors (Lipinski definition) is 0. The third kappa shape index (κ3) is 5.40. The zero-order valence-corrected chi connectivity index (χ0v) is 31.9. The van der Waals surface area contributed by atoms with Gasteiger partial charge in [-0.25, -0.2) is 0 Å². The minimum absolute atomic E-state index is 0.130. The third-order valence-corrected chi connectivity index (χ3v) is 12.1. The Kier molecular flexibility index (Phi) is 7.55. The summed E-state index contributed by atoms with van der Waals surface area (Å²) in [5.41, 5.74) is 17.5. The molecule has 0 amide bonds. The third-order valence-electron chi connectivity index (χ3n) is 12.1. The highest BCUT2D eigenvalue weighted by molar-refractivity contribution is 6.02. The van der Waals surface area contributed by atoms with E-state index in [1.54, 1.807) is 0 Å². The van der Waals surface area contributed by atoms with Crippen LogP contribution in [0.4, 0.5) is 17.1 Å². The summed E-state index contributed by atoms with van der Waals surface area (Å²) in [5.74, 6) is 1.71. The topological polar surface area (TPSA) is 12.5 Å². The van der Waals surface area contributed by atoms with E-state index in [1.165, 1.54) is 44.2 Å². The van der Waals surface area contributed by atoms with Crippen LogP contribution in [0.3, 0.4) is 0 Å². The Balaban J connectivity index is 1.12. The van der Waals surface area contributed by atoms with E-state index < -0.39 is 0 Å². The van der Waals surface area contributed by atoms with Crippen LogP contribution in [-0.2, 0) is 5.41 Å². The van der Waals surface area contributed by atoms with Crippen molar-refractivity contribution < 1.29 is 4.74 Å². The largest absolute Gasteiger partial charge is 0.455 e. The first-order valence-corrected chi connectivity index (χ1v) is 19.8. The lowest BCUT2D eigenvalue weighted by Gasteiger charge is -2.29. The van der Waals surface area contributed by atoms with E-state index >= 15 is 0 Å². The summed E-state index contributed by atoms with van der Waals surface area (Å²) in [7, 11) is 0. The number of anilines is 3. The molecule has 0 fully saturated rings. The molecule has 1 aliphatic carbocycles. The molecule has 0 saturated carbocycles. The Morgan fingerprint density at radius 3 is 1.65 bits per heavy atom. The van der Waals surface area contributed by atoms with Crippen LogP contribution in [0.25, 0.3) is 66.4 Å². The van der Waals surface area contributed by atoms with Gasteiger partial charge in [0.25, 0.3) is 0 Å². The summed E-state index contributed by atoms with van der Waals surface area (Å²) in [6.07, 6.45) is 0. The minimum atomic E-state index is -0.130. The number of fused-ring (bicyclic) bond motifs is 9. The predicted octanol–water partition coefficient (Wildman–Crippen LogP) is 15.4. The average molecular weight is 730 g/mol. The van der Waals surface area contributed by atoms with Crippen LogP contribution >= 0.6 is 0 Å². The van der Waals surface area contributed by atoms with E-state index in [1.807, 2.05) is 0 Å². The van der Waals surface area contributed by atoms with Gasteiger partial charge in [0.1, 0.15) is 11.5 Å². The molecule has 11 rings (SSSR count). The lowest BCUT2D eigenvalue weighted by molar-refractivity contribution is 0.489. The van der Waals surface area contributed by atoms with Gasteiger partial charge in [0, 0.05) is 39.2 Å². The van der Waals surface area contributed by atoms with Gasteiger partial charge in [0.2, 0.25) is 0 Å². The van der Waals surface area contributed by atoms with Crippen molar-refractivity contribution in [2.75, 3.05) is 4.90 Å².